The van der Waals surface area contributed by atoms with Crippen molar-refractivity contribution in [2.24, 2.45) is 5.92 Å². The minimum absolute atomic E-state index is 0.0164. The Morgan fingerprint density at radius 3 is 2.84 bits per heavy atom. The molecule has 2 aliphatic heterocycles. The maximum absolute atomic E-state index is 11.3. The lowest BCUT2D eigenvalue weighted by Gasteiger charge is -2.25. The predicted octanol–water partition coefficient (Wildman–Crippen LogP) is 4.19. The van der Waals surface area contributed by atoms with Crippen LogP contribution in [0.4, 0.5) is 0 Å². The summed E-state index contributed by atoms with van der Waals surface area (Å²) in [5, 5.41) is 16.1. The van der Waals surface area contributed by atoms with E-state index >= 15 is 0 Å². The van der Waals surface area contributed by atoms with Gasteiger partial charge < -0.3 is 14.6 Å². The maximum atomic E-state index is 11.3. The van der Waals surface area contributed by atoms with Crippen molar-refractivity contribution >= 4 is 0 Å². The predicted molar refractivity (Wildman–Crippen MR) is 124 cm³/mol. The average Bonchev–Trinajstić information content (AvgIpc) is 3.49. The summed E-state index contributed by atoms with van der Waals surface area (Å²) in [4.78, 5) is 6.50. The Hall–Kier alpha value is -2.40. The van der Waals surface area contributed by atoms with E-state index in [0.717, 1.165) is 49.4 Å². The molecule has 4 rings (SSSR count). The number of rotatable bonds is 7. The lowest BCUT2D eigenvalue weighted by Crippen LogP contribution is -2.25. The van der Waals surface area contributed by atoms with Gasteiger partial charge in [-0.3, -0.25) is 9.58 Å². The number of fused-ring (bicyclic) bond motifs is 1. The number of aliphatic hydroxyl groups is 1. The number of aromatic nitrogens is 2. The van der Waals surface area contributed by atoms with Gasteiger partial charge in [0, 0.05) is 62.8 Å². The molecule has 0 radical (unpaired) electrons. The first-order valence-electron chi connectivity index (χ1n) is 11.7. The van der Waals surface area contributed by atoms with Crippen LogP contribution in [0.15, 0.2) is 24.4 Å². The lowest BCUT2D eigenvalue weighted by molar-refractivity contribution is -0.00521. The Labute approximate surface area is 190 Å². The number of benzene rings is 1. The highest BCUT2D eigenvalue weighted by Gasteiger charge is 2.31. The van der Waals surface area contributed by atoms with Gasteiger partial charge in [-0.05, 0) is 38.5 Å². The zero-order valence-electron chi connectivity index (χ0n) is 19.6. The number of nitrogens with zero attached hydrogens (tertiary/aromatic N) is 4. The third-order valence-corrected chi connectivity index (χ3v) is 6.12. The van der Waals surface area contributed by atoms with E-state index in [1.807, 2.05) is 41.6 Å². The van der Waals surface area contributed by atoms with Gasteiger partial charge in [0.15, 0.2) is 0 Å². The molecular formula is C25H35N4O3+. The van der Waals surface area contributed by atoms with E-state index in [9.17, 15) is 5.11 Å². The van der Waals surface area contributed by atoms with Crippen LogP contribution in [0.2, 0.25) is 0 Å². The maximum Gasteiger partial charge on any atom is 0.311 e. The molecule has 1 saturated heterocycles. The van der Waals surface area contributed by atoms with Crippen LogP contribution in [0.5, 0.6) is 5.75 Å². The van der Waals surface area contributed by atoms with Crippen LogP contribution in [-0.4, -0.2) is 45.1 Å². The molecular weight excluding hydrogens is 404 g/mol. The first kappa shape index (κ1) is 22.8. The molecule has 1 N–H and O–H groups in total. The Morgan fingerprint density at radius 2 is 2.16 bits per heavy atom. The summed E-state index contributed by atoms with van der Waals surface area (Å²) in [6.07, 6.45) is 3.41. The van der Waals surface area contributed by atoms with Crippen LogP contribution in [0.1, 0.15) is 69.1 Å². The van der Waals surface area contributed by atoms with Crippen molar-refractivity contribution in [2.75, 3.05) is 13.2 Å². The Morgan fingerprint density at radius 1 is 1.31 bits per heavy atom. The molecule has 0 amide bonds. The second kappa shape index (κ2) is 10.0. The molecule has 1 aromatic carbocycles. The zero-order valence-corrected chi connectivity index (χ0v) is 19.6. The molecule has 0 bridgehead atoms. The molecule has 32 heavy (non-hydrogen) atoms. The second-order valence-corrected chi connectivity index (χ2v) is 9.25. The highest BCUT2D eigenvalue weighted by molar-refractivity contribution is 5.44. The fourth-order valence-electron chi connectivity index (χ4n) is 4.15. The van der Waals surface area contributed by atoms with Crippen molar-refractivity contribution in [3.8, 4) is 11.8 Å². The highest BCUT2D eigenvalue weighted by atomic mass is 16.5. The molecule has 7 nitrogen and oxygen atoms in total. The van der Waals surface area contributed by atoms with Crippen LogP contribution in [0.3, 0.4) is 0 Å². The molecule has 0 aliphatic carbocycles. The van der Waals surface area contributed by atoms with Gasteiger partial charge in [-0.25, -0.2) is 0 Å². The van der Waals surface area contributed by atoms with Gasteiger partial charge in [0.2, 0.25) is 0 Å². The SMILES string of the molecule is CCC(C)[N+]#Cc1ccc(OC(C)C)c(C(O)N2Cc3cn(CC4CCOC4)nc3C2)c1. The molecule has 1 fully saturated rings. The van der Waals surface area contributed by atoms with Crippen molar-refractivity contribution in [3.05, 3.63) is 51.6 Å². The number of aliphatic hydroxyl groups excluding tert-OH is 1. The van der Waals surface area contributed by atoms with Gasteiger partial charge in [-0.15, -0.1) is 0 Å². The van der Waals surface area contributed by atoms with Gasteiger partial charge >= 0.3 is 6.07 Å². The Bertz CT molecular complexity index is 961. The standard InChI is InChI=1S/C25H35N4O3/c1-5-18(4)26-11-19-6-7-24(32-17(2)3)22(10-19)25(30)28-13-21-14-29(27-23(21)15-28)12-20-8-9-31-16-20/h6-7,10,14,17-18,20,25,30H,5,8-9,12-13,15-16H2,1-4H3/q+1. The summed E-state index contributed by atoms with van der Waals surface area (Å²) in [5.41, 5.74) is 3.80. The third-order valence-electron chi connectivity index (χ3n) is 6.12. The summed E-state index contributed by atoms with van der Waals surface area (Å²) < 4.78 is 13.5. The van der Waals surface area contributed by atoms with Crippen molar-refractivity contribution in [3.63, 3.8) is 0 Å². The molecule has 3 atom stereocenters. The Kier molecular flexibility index (Phi) is 7.14. The molecule has 172 valence electrons. The van der Waals surface area contributed by atoms with Crippen molar-refractivity contribution < 1.29 is 14.6 Å². The molecule has 7 heteroatoms. The molecule has 2 aliphatic rings. The quantitative estimate of drug-likeness (QED) is 0.701. The fourth-order valence-corrected chi connectivity index (χ4v) is 4.15. The minimum Gasteiger partial charge on any atom is -0.491 e. The second-order valence-electron chi connectivity index (χ2n) is 9.25. The van der Waals surface area contributed by atoms with Crippen LogP contribution < -0.4 is 4.74 Å². The van der Waals surface area contributed by atoms with Gasteiger partial charge in [0.05, 0.1) is 18.4 Å². The summed E-state index contributed by atoms with van der Waals surface area (Å²) in [7, 11) is 0. The molecule has 1 aromatic heterocycles. The van der Waals surface area contributed by atoms with E-state index in [2.05, 4.69) is 31.0 Å². The first-order valence-corrected chi connectivity index (χ1v) is 11.7. The van der Waals surface area contributed by atoms with E-state index in [0.29, 0.717) is 24.8 Å². The van der Waals surface area contributed by atoms with Gasteiger partial charge in [0.1, 0.15) is 17.5 Å². The van der Waals surface area contributed by atoms with Crippen LogP contribution >= 0.6 is 0 Å². The fraction of sp³-hybridized carbons (Fsp3) is 0.600. The molecule has 3 heterocycles. The molecule has 3 unspecified atom stereocenters. The lowest BCUT2D eigenvalue weighted by atomic mass is 10.1. The first-order chi connectivity index (χ1) is 15.4. The van der Waals surface area contributed by atoms with E-state index in [1.54, 1.807) is 0 Å². The number of hydrogen-bond acceptors (Lipinski definition) is 5. The summed E-state index contributed by atoms with van der Waals surface area (Å²) in [5.74, 6) is 1.24. The van der Waals surface area contributed by atoms with Crippen LogP contribution in [-0.2, 0) is 24.4 Å². The monoisotopic (exact) mass is 439 g/mol. The number of hydrogen-bond donors (Lipinski definition) is 1. The summed E-state index contributed by atoms with van der Waals surface area (Å²) in [6.45, 7) is 12.0. The molecule has 0 spiro atoms. The number of ether oxygens (including phenoxy) is 2. The van der Waals surface area contributed by atoms with E-state index < -0.39 is 6.23 Å². The zero-order chi connectivity index (χ0) is 22.7. The smallest absolute Gasteiger partial charge is 0.311 e. The van der Waals surface area contributed by atoms with Crippen LogP contribution in [0, 0.1) is 12.0 Å². The highest BCUT2D eigenvalue weighted by Crippen LogP contribution is 2.34. The average molecular weight is 440 g/mol. The van der Waals surface area contributed by atoms with Crippen molar-refractivity contribution in [1.82, 2.24) is 14.7 Å². The van der Waals surface area contributed by atoms with E-state index in [1.165, 1.54) is 5.56 Å². The van der Waals surface area contributed by atoms with Crippen LogP contribution in [0.25, 0.3) is 4.85 Å². The Balaban J connectivity index is 1.50. The minimum atomic E-state index is -0.792. The van der Waals surface area contributed by atoms with Crippen molar-refractivity contribution in [1.29, 1.82) is 0 Å². The largest absolute Gasteiger partial charge is 0.491 e. The normalized spacial score (nSPS) is 20.1. The summed E-state index contributed by atoms with van der Waals surface area (Å²) >= 11 is 0. The van der Waals surface area contributed by atoms with E-state index in [4.69, 9.17) is 14.6 Å². The van der Waals surface area contributed by atoms with E-state index in [-0.39, 0.29) is 12.1 Å². The molecule has 2 aromatic rings. The topological polar surface area (TPSA) is 64.1 Å². The van der Waals surface area contributed by atoms with Gasteiger partial charge in [-0.1, -0.05) is 11.8 Å². The van der Waals surface area contributed by atoms with Crippen molar-refractivity contribution in [2.45, 2.75) is 78.5 Å². The van der Waals surface area contributed by atoms with Gasteiger partial charge in [-0.2, -0.15) is 5.10 Å². The third kappa shape index (κ3) is 5.32. The summed E-state index contributed by atoms with van der Waals surface area (Å²) in [6, 6.07) is 9.13. The molecule has 0 saturated carbocycles. The van der Waals surface area contributed by atoms with Gasteiger partial charge in [0.25, 0.3) is 6.04 Å².